The molecule has 1 amide bonds. The van der Waals surface area contributed by atoms with E-state index in [4.69, 9.17) is 9.47 Å². The summed E-state index contributed by atoms with van der Waals surface area (Å²) in [5, 5.41) is 2.93. The molecular weight excluding hydrogens is 416 g/mol. The zero-order chi connectivity index (χ0) is 22.3. The molecule has 2 aromatic rings. The molecule has 0 aliphatic heterocycles. The van der Waals surface area contributed by atoms with Gasteiger partial charge in [-0.2, -0.15) is 0 Å². The van der Waals surface area contributed by atoms with Gasteiger partial charge in [0.25, 0.3) is 10.0 Å². The Morgan fingerprint density at radius 2 is 1.68 bits per heavy atom. The van der Waals surface area contributed by atoms with Gasteiger partial charge < -0.3 is 14.8 Å². The van der Waals surface area contributed by atoms with E-state index in [-0.39, 0.29) is 17.3 Å². The number of methoxy groups -OCH3 is 2. The highest BCUT2D eigenvalue weighted by Gasteiger charge is 2.29. The lowest BCUT2D eigenvalue weighted by atomic mass is 9.89. The fourth-order valence-corrected chi connectivity index (χ4v) is 5.28. The largest absolute Gasteiger partial charge is 0.497 e. The van der Waals surface area contributed by atoms with Gasteiger partial charge in [-0.25, -0.2) is 8.42 Å². The summed E-state index contributed by atoms with van der Waals surface area (Å²) in [5.74, 6) is 1.04. The fraction of sp³-hybridized carbons (Fsp3) is 0.435. The molecule has 1 fully saturated rings. The summed E-state index contributed by atoms with van der Waals surface area (Å²) in [6.07, 6.45) is 5.80. The SMILES string of the molecule is COc1ccc(S(=O)(=O)N(CC(=O)NCC2CCCCC2)c2ccccc2OC)cc1. The molecular formula is C23H30N2O5S. The molecule has 0 bridgehead atoms. The number of benzene rings is 2. The monoisotopic (exact) mass is 446 g/mol. The maximum atomic E-state index is 13.5. The molecule has 0 radical (unpaired) electrons. The van der Waals surface area contributed by atoms with Gasteiger partial charge in [-0.1, -0.05) is 31.4 Å². The topological polar surface area (TPSA) is 84.9 Å². The Labute approximate surface area is 184 Å². The van der Waals surface area contributed by atoms with Crippen LogP contribution in [0.1, 0.15) is 32.1 Å². The molecule has 0 atom stereocenters. The predicted molar refractivity (Wildman–Crippen MR) is 120 cm³/mol. The number of carbonyl (C=O) groups is 1. The third kappa shape index (κ3) is 5.70. The minimum atomic E-state index is -4.01. The van der Waals surface area contributed by atoms with Gasteiger partial charge in [-0.15, -0.1) is 0 Å². The van der Waals surface area contributed by atoms with Gasteiger partial charge in [0, 0.05) is 6.54 Å². The van der Waals surface area contributed by atoms with E-state index in [1.54, 1.807) is 36.4 Å². The Bertz CT molecular complexity index is 970. The van der Waals surface area contributed by atoms with Gasteiger partial charge in [-0.05, 0) is 55.2 Å². The highest BCUT2D eigenvalue weighted by atomic mass is 32.2. The minimum absolute atomic E-state index is 0.0688. The molecule has 1 aliphatic carbocycles. The molecule has 3 rings (SSSR count). The zero-order valence-electron chi connectivity index (χ0n) is 18.0. The number of hydrogen-bond acceptors (Lipinski definition) is 5. The van der Waals surface area contributed by atoms with Crippen molar-refractivity contribution < 1.29 is 22.7 Å². The van der Waals surface area contributed by atoms with Crippen LogP contribution >= 0.6 is 0 Å². The van der Waals surface area contributed by atoms with E-state index in [1.807, 2.05) is 0 Å². The predicted octanol–water partition coefficient (Wildman–Crippen LogP) is 3.60. The zero-order valence-corrected chi connectivity index (χ0v) is 18.9. The molecule has 0 unspecified atom stereocenters. The summed E-state index contributed by atoms with van der Waals surface area (Å²) < 4.78 is 38.6. The summed E-state index contributed by atoms with van der Waals surface area (Å²) in [6, 6.07) is 12.9. The lowest BCUT2D eigenvalue weighted by Crippen LogP contribution is -2.42. The van der Waals surface area contributed by atoms with Crippen LogP contribution in [0.25, 0.3) is 0 Å². The van der Waals surface area contributed by atoms with E-state index in [9.17, 15) is 13.2 Å². The van der Waals surface area contributed by atoms with Crippen molar-refractivity contribution in [1.29, 1.82) is 0 Å². The minimum Gasteiger partial charge on any atom is -0.497 e. The molecule has 0 saturated heterocycles. The van der Waals surface area contributed by atoms with E-state index in [2.05, 4.69) is 5.32 Å². The average molecular weight is 447 g/mol. The normalized spacial score (nSPS) is 14.6. The summed E-state index contributed by atoms with van der Waals surface area (Å²) in [6.45, 7) is 0.239. The Balaban J connectivity index is 1.86. The molecule has 0 heterocycles. The van der Waals surface area contributed by atoms with Crippen LogP contribution in [0.15, 0.2) is 53.4 Å². The highest BCUT2D eigenvalue weighted by molar-refractivity contribution is 7.92. The number of nitrogens with zero attached hydrogens (tertiary/aromatic N) is 1. The molecule has 8 heteroatoms. The van der Waals surface area contributed by atoms with E-state index in [0.717, 1.165) is 17.1 Å². The van der Waals surface area contributed by atoms with Crippen LogP contribution in [0.3, 0.4) is 0 Å². The van der Waals surface area contributed by atoms with Crippen molar-refractivity contribution >= 4 is 21.6 Å². The van der Waals surface area contributed by atoms with Gasteiger partial charge in [-0.3, -0.25) is 9.10 Å². The molecule has 2 aromatic carbocycles. The van der Waals surface area contributed by atoms with Gasteiger partial charge in [0.15, 0.2) is 0 Å². The highest BCUT2D eigenvalue weighted by Crippen LogP contribution is 2.32. The number of nitrogens with one attached hydrogen (secondary N) is 1. The number of amides is 1. The Morgan fingerprint density at radius 3 is 2.32 bits per heavy atom. The molecule has 1 aliphatic rings. The lowest BCUT2D eigenvalue weighted by Gasteiger charge is -2.26. The second-order valence-corrected chi connectivity index (χ2v) is 9.53. The van der Waals surface area contributed by atoms with Crippen molar-refractivity contribution in [2.75, 3.05) is 31.6 Å². The van der Waals surface area contributed by atoms with Crippen LogP contribution in [-0.4, -0.2) is 41.6 Å². The van der Waals surface area contributed by atoms with E-state index in [1.165, 1.54) is 45.6 Å². The van der Waals surface area contributed by atoms with Crippen LogP contribution in [0.4, 0.5) is 5.69 Å². The first-order valence-electron chi connectivity index (χ1n) is 10.5. The van der Waals surface area contributed by atoms with Gasteiger partial charge in [0.05, 0.1) is 24.8 Å². The Kier molecular flexibility index (Phi) is 7.79. The summed E-state index contributed by atoms with van der Waals surface area (Å²) in [7, 11) is -1.03. The molecule has 7 nitrogen and oxygen atoms in total. The first kappa shape index (κ1) is 22.9. The number of anilines is 1. The number of hydrogen-bond donors (Lipinski definition) is 1. The maximum Gasteiger partial charge on any atom is 0.264 e. The van der Waals surface area contributed by atoms with Crippen molar-refractivity contribution in [2.24, 2.45) is 5.92 Å². The quantitative estimate of drug-likeness (QED) is 0.636. The lowest BCUT2D eigenvalue weighted by molar-refractivity contribution is -0.119. The summed E-state index contributed by atoms with van der Waals surface area (Å²) in [5.41, 5.74) is 0.314. The first-order chi connectivity index (χ1) is 15.0. The van der Waals surface area contributed by atoms with E-state index >= 15 is 0 Å². The number of para-hydroxylation sites is 2. The Morgan fingerprint density at radius 1 is 1.00 bits per heavy atom. The first-order valence-corrected chi connectivity index (χ1v) is 12.0. The molecule has 168 valence electrons. The molecule has 0 aromatic heterocycles. The van der Waals surface area contributed by atoms with Crippen molar-refractivity contribution in [3.05, 3.63) is 48.5 Å². The molecule has 1 N–H and O–H groups in total. The number of carbonyl (C=O) groups excluding carboxylic acids is 1. The molecule has 31 heavy (non-hydrogen) atoms. The smallest absolute Gasteiger partial charge is 0.264 e. The van der Waals surface area contributed by atoms with Crippen LogP contribution < -0.4 is 19.1 Å². The van der Waals surface area contributed by atoms with Crippen LogP contribution in [0.5, 0.6) is 11.5 Å². The van der Waals surface area contributed by atoms with Crippen LogP contribution in [0.2, 0.25) is 0 Å². The summed E-state index contributed by atoms with van der Waals surface area (Å²) in [4.78, 5) is 12.8. The maximum absolute atomic E-state index is 13.5. The average Bonchev–Trinajstić information content (AvgIpc) is 2.81. The van der Waals surface area contributed by atoms with E-state index in [0.29, 0.717) is 29.6 Å². The van der Waals surface area contributed by atoms with Crippen LogP contribution in [-0.2, 0) is 14.8 Å². The van der Waals surface area contributed by atoms with Gasteiger partial charge in [0.1, 0.15) is 18.0 Å². The van der Waals surface area contributed by atoms with Crippen molar-refractivity contribution in [1.82, 2.24) is 5.32 Å². The van der Waals surface area contributed by atoms with E-state index < -0.39 is 10.0 Å². The van der Waals surface area contributed by atoms with Gasteiger partial charge >= 0.3 is 0 Å². The molecule has 0 spiro atoms. The third-order valence-electron chi connectivity index (χ3n) is 5.60. The van der Waals surface area contributed by atoms with Crippen molar-refractivity contribution in [3.63, 3.8) is 0 Å². The van der Waals surface area contributed by atoms with Crippen molar-refractivity contribution in [3.8, 4) is 11.5 Å². The Hall–Kier alpha value is -2.74. The summed E-state index contributed by atoms with van der Waals surface area (Å²) >= 11 is 0. The molecule has 1 saturated carbocycles. The van der Waals surface area contributed by atoms with Crippen LogP contribution in [0, 0.1) is 5.92 Å². The second kappa shape index (κ2) is 10.5. The van der Waals surface area contributed by atoms with Gasteiger partial charge in [0.2, 0.25) is 5.91 Å². The fourth-order valence-electron chi connectivity index (χ4n) is 3.85. The second-order valence-electron chi connectivity index (χ2n) is 7.67. The number of rotatable bonds is 9. The number of sulfonamides is 1. The third-order valence-corrected chi connectivity index (χ3v) is 7.38. The number of ether oxygens (including phenoxy) is 2. The standard InChI is InChI=1S/C23H30N2O5S/c1-29-19-12-14-20(15-13-19)31(27,28)25(21-10-6-7-11-22(21)30-2)17-23(26)24-16-18-8-4-3-5-9-18/h6-7,10-15,18H,3-5,8-9,16-17H2,1-2H3,(H,24,26). The van der Waals surface area contributed by atoms with Crippen molar-refractivity contribution in [2.45, 2.75) is 37.0 Å².